The SMILES string of the molecule is CN1c2cc3c(cc2C(CSOOO)=CC1(C)C)C(c1ccc(C(=O)ON2C(=O)CCC2=O)cc1C(=O)O)=c1cc2c(cc1O3)=[N+](C)C(C)(C)C=C2CS(=O)(=O)O. The topological polar surface area (TPSA) is 210 Å². The van der Waals surface area contributed by atoms with E-state index in [0.717, 1.165) is 34.9 Å². The van der Waals surface area contributed by atoms with Gasteiger partial charge in [0.05, 0.1) is 28.3 Å². The van der Waals surface area contributed by atoms with Gasteiger partial charge in [-0.15, -0.1) is 9.40 Å². The average Bonchev–Trinajstić information content (AvgIpc) is 3.45. The number of fused-ring (bicyclic) bond motifs is 4. The minimum absolute atomic E-state index is 0.127. The Morgan fingerprint density at radius 3 is 2.28 bits per heavy atom. The van der Waals surface area contributed by atoms with Gasteiger partial charge in [-0.25, -0.2) is 19.4 Å². The lowest BCUT2D eigenvalue weighted by atomic mass is 9.83. The van der Waals surface area contributed by atoms with Gasteiger partial charge in [-0.3, -0.25) is 14.1 Å². The summed E-state index contributed by atoms with van der Waals surface area (Å²) < 4.78 is 47.9. The molecule has 0 bridgehead atoms. The Kier molecular flexibility index (Phi) is 9.95. The van der Waals surface area contributed by atoms with Crippen molar-refractivity contribution in [2.75, 3.05) is 30.5 Å². The molecule has 1 saturated heterocycles. The van der Waals surface area contributed by atoms with E-state index in [2.05, 4.69) is 5.04 Å². The quantitative estimate of drug-likeness (QED) is 0.0395. The van der Waals surface area contributed by atoms with Crippen LogP contribution in [0.25, 0.3) is 16.7 Å². The van der Waals surface area contributed by atoms with Crippen LogP contribution in [-0.4, -0.2) is 88.8 Å². The summed E-state index contributed by atoms with van der Waals surface area (Å²) in [6.07, 6.45) is 3.51. The molecule has 0 aliphatic carbocycles. The molecule has 3 aromatic rings. The number of anilines is 1. The third kappa shape index (κ3) is 7.24. The number of benzene rings is 3. The molecule has 4 heterocycles. The molecule has 0 spiro atoms. The molecule has 57 heavy (non-hydrogen) atoms. The zero-order chi connectivity index (χ0) is 41.4. The molecule has 0 saturated carbocycles. The Morgan fingerprint density at radius 1 is 0.930 bits per heavy atom. The maximum atomic E-state index is 13.2. The first-order valence-corrected chi connectivity index (χ1v) is 20.1. The predicted molar refractivity (Wildman–Crippen MR) is 207 cm³/mol. The summed E-state index contributed by atoms with van der Waals surface area (Å²) in [6, 6.07) is 10.9. The second-order valence-electron chi connectivity index (χ2n) is 15.1. The molecule has 0 radical (unpaired) electrons. The first-order valence-electron chi connectivity index (χ1n) is 17.5. The van der Waals surface area contributed by atoms with Crippen LogP contribution in [0, 0.1) is 0 Å². The van der Waals surface area contributed by atoms with Crippen LogP contribution in [-0.2, 0) is 33.9 Å². The molecule has 3 N–H and O–H groups in total. The first-order chi connectivity index (χ1) is 26.7. The summed E-state index contributed by atoms with van der Waals surface area (Å²) in [7, 11) is -0.745. The number of carboxylic acid groups (broad SMARTS) is 1. The smallest absolute Gasteiger partial charge is 0.363 e. The molecule has 4 aliphatic heterocycles. The van der Waals surface area contributed by atoms with Gasteiger partial charge in [-0.05, 0) is 60.9 Å². The largest absolute Gasteiger partial charge is 0.478 e. The normalized spacial score (nSPS) is 17.9. The van der Waals surface area contributed by atoms with Crippen molar-refractivity contribution in [1.29, 1.82) is 0 Å². The molecule has 0 unspecified atom stereocenters. The zero-order valence-corrected chi connectivity index (χ0v) is 33.2. The standard InChI is InChI=1S/C39H37N3O13S2/c1-38(2)16-21(18-56-55-54-48)24-12-27-31(14-29(24)40(38)5)52-32-15-30-25(22(19-57(49,50)51)17-39(3,4)41(30)6)13-28(32)35(27)23-8-7-20(11-26(23)36(45)46)37(47)53-42-33(43)9-10-34(42)44/h7-8,11-17H,9-10,18-19H2,1-6H3,(H2-,45,46,48,49,50,51)/p+1. The van der Waals surface area contributed by atoms with Crippen molar-refractivity contribution in [2.24, 2.45) is 0 Å². The number of ether oxygens (including phenoxy) is 1. The second-order valence-corrected chi connectivity index (χ2v) is 17.2. The number of aromatic carboxylic acids is 1. The van der Waals surface area contributed by atoms with Gasteiger partial charge in [-0.2, -0.15) is 8.42 Å². The van der Waals surface area contributed by atoms with E-state index < -0.39 is 50.7 Å². The van der Waals surface area contributed by atoms with E-state index in [1.807, 2.05) is 69.5 Å². The molecule has 0 aromatic heterocycles. The van der Waals surface area contributed by atoms with Gasteiger partial charge in [0.15, 0.2) is 5.54 Å². The number of carbonyl (C=O) groups excluding carboxylic acids is 3. The van der Waals surface area contributed by atoms with Gasteiger partial charge >= 0.3 is 11.9 Å². The fourth-order valence-corrected chi connectivity index (χ4v) is 8.64. The highest BCUT2D eigenvalue weighted by Gasteiger charge is 2.38. The van der Waals surface area contributed by atoms with Crippen LogP contribution >= 0.6 is 12.0 Å². The fourth-order valence-electron chi connectivity index (χ4n) is 7.55. The summed E-state index contributed by atoms with van der Waals surface area (Å²) in [4.78, 5) is 57.8. The lowest BCUT2D eigenvalue weighted by Gasteiger charge is -2.41. The Labute approximate surface area is 330 Å². The molecule has 0 atom stereocenters. The molecular weight excluding hydrogens is 783 g/mol. The summed E-state index contributed by atoms with van der Waals surface area (Å²) in [5.41, 5.74) is 2.22. The van der Waals surface area contributed by atoms with Crippen molar-refractivity contribution in [3.8, 4) is 11.5 Å². The molecule has 1 fully saturated rings. The number of imide groups is 1. The minimum atomic E-state index is -4.50. The van der Waals surface area contributed by atoms with Crippen molar-refractivity contribution < 1.29 is 61.5 Å². The van der Waals surface area contributed by atoms with Crippen molar-refractivity contribution in [3.05, 3.63) is 98.6 Å². The number of rotatable bonds is 10. The highest BCUT2D eigenvalue weighted by molar-refractivity contribution is 7.95. The van der Waals surface area contributed by atoms with Gasteiger partial charge < -0.3 is 19.6 Å². The van der Waals surface area contributed by atoms with E-state index in [4.69, 9.17) is 19.2 Å². The molecule has 3 aromatic carbocycles. The van der Waals surface area contributed by atoms with E-state index in [1.165, 1.54) is 12.1 Å². The summed E-state index contributed by atoms with van der Waals surface area (Å²) in [6.45, 7) is 7.80. The van der Waals surface area contributed by atoms with E-state index in [9.17, 15) is 37.3 Å². The van der Waals surface area contributed by atoms with Crippen molar-refractivity contribution >= 4 is 68.3 Å². The number of nitrogens with zero attached hydrogens (tertiary/aromatic N) is 3. The molecule has 2 amide bonds. The number of hydrogen-bond donors (Lipinski definition) is 3. The van der Waals surface area contributed by atoms with Gasteiger partial charge in [-0.1, -0.05) is 17.2 Å². The molecule has 18 heteroatoms. The van der Waals surface area contributed by atoms with Crippen LogP contribution in [0.1, 0.15) is 83.5 Å². The number of hydrogen-bond acceptors (Lipinski definition) is 13. The minimum Gasteiger partial charge on any atom is -0.478 e. The molecule has 16 nitrogen and oxygen atoms in total. The number of likely N-dealkylation sites (N-methyl/N-ethyl adjacent to an activating group) is 2. The first kappa shape index (κ1) is 39.8. The second kappa shape index (κ2) is 14.2. The van der Waals surface area contributed by atoms with Crippen LogP contribution in [0.15, 0.2) is 54.6 Å². The lowest BCUT2D eigenvalue weighted by Crippen LogP contribution is -2.47. The Morgan fingerprint density at radius 2 is 1.63 bits per heavy atom. The van der Waals surface area contributed by atoms with Crippen molar-refractivity contribution in [1.82, 2.24) is 9.64 Å². The van der Waals surface area contributed by atoms with E-state index >= 15 is 0 Å². The number of amides is 2. The highest BCUT2D eigenvalue weighted by atomic mass is 32.2. The van der Waals surface area contributed by atoms with E-state index in [0.29, 0.717) is 49.4 Å². The van der Waals surface area contributed by atoms with Crippen LogP contribution < -0.4 is 24.8 Å². The highest BCUT2D eigenvalue weighted by Crippen LogP contribution is 2.47. The van der Waals surface area contributed by atoms with Crippen LogP contribution in [0.2, 0.25) is 0 Å². The monoisotopic (exact) mass is 820 g/mol. The predicted octanol–water partition coefficient (Wildman–Crippen LogP) is 3.82. The van der Waals surface area contributed by atoms with Gasteiger partial charge in [0.2, 0.25) is 5.36 Å². The summed E-state index contributed by atoms with van der Waals surface area (Å²) in [5, 5.41) is 24.7. The summed E-state index contributed by atoms with van der Waals surface area (Å²) >= 11 is 0.846. The maximum absolute atomic E-state index is 13.2. The number of carboxylic acids is 1. The van der Waals surface area contributed by atoms with Crippen LogP contribution in [0.4, 0.5) is 5.69 Å². The molecule has 4 aliphatic rings. The molecule has 298 valence electrons. The van der Waals surface area contributed by atoms with Crippen LogP contribution in [0.3, 0.4) is 0 Å². The van der Waals surface area contributed by atoms with Gasteiger partial charge in [0, 0.05) is 85.2 Å². The number of carbonyl (C=O) groups is 4. The fraction of sp³-hybridized carbons (Fsp3) is 0.308. The number of hydroxylamine groups is 2. The van der Waals surface area contributed by atoms with Gasteiger partial charge in [0.25, 0.3) is 21.9 Å². The third-order valence-electron chi connectivity index (χ3n) is 10.7. The van der Waals surface area contributed by atoms with Gasteiger partial charge in [0.1, 0.15) is 24.3 Å². The Balaban J connectivity index is 1.52. The lowest BCUT2D eigenvalue weighted by molar-refractivity contribution is -0.432. The Bertz CT molecular complexity index is 2610. The van der Waals surface area contributed by atoms with E-state index in [-0.39, 0.29) is 35.3 Å². The molecule has 7 rings (SSSR count). The summed E-state index contributed by atoms with van der Waals surface area (Å²) in [5.74, 6) is -3.72. The molecular formula is C39H38N3O13S2+. The van der Waals surface area contributed by atoms with E-state index in [1.54, 1.807) is 18.2 Å². The van der Waals surface area contributed by atoms with Crippen LogP contribution in [0.5, 0.6) is 11.5 Å². The van der Waals surface area contributed by atoms with Crippen molar-refractivity contribution in [3.63, 3.8) is 0 Å². The van der Waals surface area contributed by atoms with Crippen molar-refractivity contribution in [2.45, 2.75) is 51.6 Å². The average molecular weight is 821 g/mol. The Hall–Kier alpha value is -5.37. The maximum Gasteiger partial charge on any atom is 0.363 e. The zero-order valence-electron chi connectivity index (χ0n) is 31.6. The third-order valence-corrected chi connectivity index (χ3v) is 12.0.